The molecule has 0 radical (unpaired) electrons. The first-order valence-corrected chi connectivity index (χ1v) is 4.96. The van der Waals surface area contributed by atoms with E-state index in [2.05, 4.69) is 0 Å². The summed E-state index contributed by atoms with van der Waals surface area (Å²) in [5.41, 5.74) is -1.01. The number of allylic oxidation sites excluding steroid dienone is 1. The Morgan fingerprint density at radius 1 is 1.07 bits per heavy atom. The van der Waals surface area contributed by atoms with E-state index < -0.39 is 11.4 Å². The van der Waals surface area contributed by atoms with Gasteiger partial charge in [-0.3, -0.25) is 9.59 Å². The van der Waals surface area contributed by atoms with Crippen LogP contribution in [0.3, 0.4) is 0 Å². The van der Waals surface area contributed by atoms with Crippen LogP contribution in [0.4, 0.5) is 0 Å². The lowest BCUT2D eigenvalue weighted by atomic mass is 9.57. The summed E-state index contributed by atoms with van der Waals surface area (Å²) in [6.45, 7) is 1.60. The predicted molar refractivity (Wildman–Crippen MR) is 50.8 cm³/mol. The quantitative estimate of drug-likeness (QED) is 0.681. The van der Waals surface area contributed by atoms with Gasteiger partial charge in [-0.25, -0.2) is 0 Å². The van der Waals surface area contributed by atoms with Crippen molar-refractivity contribution in [2.24, 2.45) is 10.8 Å². The van der Waals surface area contributed by atoms with E-state index >= 15 is 0 Å². The number of hydrogen-bond donors (Lipinski definition) is 1. The predicted octanol–water partition coefficient (Wildman–Crippen LogP) is 1.78. The Hall–Kier alpha value is -1.12. The van der Waals surface area contributed by atoms with Crippen LogP contribution in [0.5, 0.6) is 0 Å². The summed E-state index contributed by atoms with van der Waals surface area (Å²) in [5, 5.41) is 9.10. The van der Waals surface area contributed by atoms with Crippen LogP contribution < -0.4 is 0 Å². The van der Waals surface area contributed by atoms with E-state index in [9.17, 15) is 9.59 Å². The molecule has 14 heavy (non-hydrogen) atoms. The Morgan fingerprint density at radius 2 is 1.50 bits per heavy atom. The third-order valence-corrected chi connectivity index (χ3v) is 3.88. The van der Waals surface area contributed by atoms with Gasteiger partial charge in [0.2, 0.25) is 0 Å². The molecule has 3 nitrogen and oxygen atoms in total. The highest BCUT2D eigenvalue weighted by atomic mass is 16.4. The lowest BCUT2D eigenvalue weighted by Gasteiger charge is -2.45. The van der Waals surface area contributed by atoms with Crippen molar-refractivity contribution in [1.82, 2.24) is 0 Å². The van der Waals surface area contributed by atoms with Crippen molar-refractivity contribution in [3.05, 3.63) is 12.2 Å². The van der Waals surface area contributed by atoms with Crippen LogP contribution in [0.1, 0.15) is 32.6 Å². The molecule has 0 unspecified atom stereocenters. The lowest BCUT2D eigenvalue weighted by Crippen LogP contribution is -2.44. The number of ketones is 1. The monoisotopic (exact) mass is 194 g/mol. The van der Waals surface area contributed by atoms with Gasteiger partial charge in [-0.05, 0) is 32.6 Å². The first-order chi connectivity index (χ1) is 6.51. The summed E-state index contributed by atoms with van der Waals surface area (Å²) in [6.07, 6.45) is 6.19. The molecule has 3 rings (SSSR count). The molecule has 1 N–H and O–H groups in total. The number of carbonyl (C=O) groups is 2. The largest absolute Gasteiger partial charge is 0.481 e. The van der Waals surface area contributed by atoms with Crippen molar-refractivity contribution >= 4 is 11.8 Å². The van der Waals surface area contributed by atoms with Gasteiger partial charge in [0.25, 0.3) is 0 Å². The molecule has 76 valence electrons. The van der Waals surface area contributed by atoms with E-state index in [0.717, 1.165) is 0 Å². The second kappa shape index (κ2) is 2.69. The molecule has 0 aromatic heterocycles. The fourth-order valence-corrected chi connectivity index (χ4v) is 2.55. The average molecular weight is 194 g/mol. The van der Waals surface area contributed by atoms with Crippen LogP contribution in [0.15, 0.2) is 12.2 Å². The van der Waals surface area contributed by atoms with Gasteiger partial charge in [0.1, 0.15) is 5.78 Å². The van der Waals surface area contributed by atoms with Crippen LogP contribution in [0, 0.1) is 10.8 Å². The molecule has 3 aliphatic carbocycles. The molecule has 1 fully saturated rings. The van der Waals surface area contributed by atoms with Gasteiger partial charge in [-0.15, -0.1) is 0 Å². The molecule has 3 aliphatic rings. The van der Waals surface area contributed by atoms with Crippen LogP contribution in [0.2, 0.25) is 0 Å². The fraction of sp³-hybridized carbons (Fsp3) is 0.636. The third-order valence-electron chi connectivity index (χ3n) is 3.88. The van der Waals surface area contributed by atoms with Crippen LogP contribution in [0.25, 0.3) is 0 Å². The maximum atomic E-state index is 11.5. The van der Waals surface area contributed by atoms with Crippen molar-refractivity contribution in [3.8, 4) is 0 Å². The molecule has 3 heteroatoms. The van der Waals surface area contributed by atoms with Gasteiger partial charge in [-0.1, -0.05) is 12.2 Å². The van der Waals surface area contributed by atoms with Crippen molar-refractivity contribution in [1.29, 1.82) is 0 Å². The number of carboxylic acid groups (broad SMARTS) is 1. The van der Waals surface area contributed by atoms with E-state index in [1.54, 1.807) is 13.0 Å². The highest BCUT2D eigenvalue weighted by Gasteiger charge is 2.50. The molecule has 0 spiro atoms. The molecule has 0 aromatic rings. The van der Waals surface area contributed by atoms with E-state index in [0.29, 0.717) is 25.7 Å². The van der Waals surface area contributed by atoms with Crippen LogP contribution in [-0.4, -0.2) is 16.9 Å². The molecule has 1 saturated carbocycles. The van der Waals surface area contributed by atoms with Gasteiger partial charge in [0, 0.05) is 5.41 Å². The molecule has 0 aliphatic heterocycles. The normalized spacial score (nSPS) is 39.8. The zero-order valence-electron chi connectivity index (χ0n) is 8.25. The summed E-state index contributed by atoms with van der Waals surface area (Å²) >= 11 is 0. The molecule has 0 amide bonds. The second-order valence-corrected chi connectivity index (χ2v) is 4.51. The van der Waals surface area contributed by atoms with Gasteiger partial charge in [0.15, 0.2) is 0 Å². The molecular weight excluding hydrogens is 180 g/mol. The molecular formula is C11H14O3. The van der Waals surface area contributed by atoms with E-state index in [1.807, 2.05) is 6.08 Å². The minimum absolute atomic E-state index is 0.174. The molecule has 2 bridgehead atoms. The minimum atomic E-state index is -0.745. The van der Waals surface area contributed by atoms with E-state index in [1.165, 1.54) is 0 Å². The number of aliphatic carboxylic acids is 1. The number of rotatable bonds is 2. The van der Waals surface area contributed by atoms with Crippen LogP contribution >= 0.6 is 0 Å². The topological polar surface area (TPSA) is 54.4 Å². The van der Waals surface area contributed by atoms with E-state index in [4.69, 9.17) is 5.11 Å². The first kappa shape index (κ1) is 9.44. The molecule has 0 saturated heterocycles. The van der Waals surface area contributed by atoms with Crippen molar-refractivity contribution in [2.75, 3.05) is 0 Å². The minimum Gasteiger partial charge on any atom is -0.481 e. The van der Waals surface area contributed by atoms with Crippen molar-refractivity contribution in [2.45, 2.75) is 32.6 Å². The van der Waals surface area contributed by atoms with Crippen molar-refractivity contribution in [3.63, 3.8) is 0 Å². The van der Waals surface area contributed by atoms with Crippen LogP contribution in [-0.2, 0) is 9.59 Å². The zero-order valence-corrected chi connectivity index (χ0v) is 8.25. The molecule has 0 heterocycles. The maximum absolute atomic E-state index is 11.5. The highest BCUT2D eigenvalue weighted by Crippen LogP contribution is 2.52. The highest BCUT2D eigenvalue weighted by molar-refractivity contribution is 5.87. The molecule has 0 atom stereocenters. The zero-order chi connectivity index (χ0) is 10.4. The summed E-state index contributed by atoms with van der Waals surface area (Å²) < 4.78 is 0. The van der Waals surface area contributed by atoms with Gasteiger partial charge in [0.05, 0.1) is 5.41 Å². The Labute approximate surface area is 82.8 Å². The number of hydrogen-bond acceptors (Lipinski definition) is 2. The lowest BCUT2D eigenvalue weighted by molar-refractivity contribution is -0.151. The summed E-state index contributed by atoms with van der Waals surface area (Å²) in [5.74, 6) is -0.571. The Kier molecular flexibility index (Phi) is 1.81. The molecule has 0 aromatic carbocycles. The Balaban J connectivity index is 2.35. The van der Waals surface area contributed by atoms with E-state index in [-0.39, 0.29) is 11.2 Å². The van der Waals surface area contributed by atoms with Gasteiger partial charge >= 0.3 is 5.97 Å². The smallest absolute Gasteiger partial charge is 0.313 e. The summed E-state index contributed by atoms with van der Waals surface area (Å²) in [4.78, 5) is 22.5. The van der Waals surface area contributed by atoms with Gasteiger partial charge in [-0.2, -0.15) is 0 Å². The average Bonchev–Trinajstić information content (AvgIpc) is 2.20. The standard InChI is InChI=1S/C11H14O3/c1-8(12)10-2-5-11(6-3-10,7-4-10)9(13)14/h2,5H,3-4,6-7H2,1H3,(H,13,14). The number of carbonyl (C=O) groups excluding carboxylic acids is 1. The SMILES string of the molecule is CC(=O)C12C=CC(C(=O)O)(CC1)CC2. The third kappa shape index (κ3) is 1.04. The Morgan fingerprint density at radius 3 is 1.79 bits per heavy atom. The number of carboxylic acids is 1. The number of fused-ring (bicyclic) bond motifs is 2. The number of Topliss-reactive ketones (excluding diaryl/α,β-unsaturated/α-hetero) is 1. The summed E-state index contributed by atoms with van der Waals surface area (Å²) in [7, 11) is 0. The first-order valence-electron chi connectivity index (χ1n) is 4.96. The Bertz CT molecular complexity index is 287. The van der Waals surface area contributed by atoms with Gasteiger partial charge < -0.3 is 5.11 Å². The maximum Gasteiger partial charge on any atom is 0.313 e. The second-order valence-electron chi connectivity index (χ2n) is 4.51. The summed E-state index contributed by atoms with van der Waals surface area (Å²) in [6, 6.07) is 0. The van der Waals surface area contributed by atoms with Crippen molar-refractivity contribution < 1.29 is 14.7 Å². The fourth-order valence-electron chi connectivity index (χ4n) is 2.55.